The van der Waals surface area contributed by atoms with Crippen molar-refractivity contribution in [2.75, 3.05) is 0 Å². The van der Waals surface area contributed by atoms with E-state index in [9.17, 15) is 4.79 Å². The van der Waals surface area contributed by atoms with Crippen molar-refractivity contribution < 1.29 is 4.79 Å². The lowest BCUT2D eigenvalue weighted by Crippen LogP contribution is -1.98. The Kier molecular flexibility index (Phi) is 4.16. The SMILES string of the molecule is Cc1nn(C)cc1C(=O)/C=C\c1c(C)nn(-c2ccccc2)c1C. The number of nitrogens with zero attached hydrogens (tertiary/aromatic N) is 4. The summed E-state index contributed by atoms with van der Waals surface area (Å²) in [5, 5.41) is 8.80. The van der Waals surface area contributed by atoms with Gasteiger partial charge >= 0.3 is 0 Å². The first-order chi connectivity index (χ1) is 11.5. The van der Waals surface area contributed by atoms with Gasteiger partial charge in [0.25, 0.3) is 0 Å². The first-order valence-corrected chi connectivity index (χ1v) is 7.81. The third-order valence-electron chi connectivity index (χ3n) is 4.03. The number of hydrogen-bond acceptors (Lipinski definition) is 3. The lowest BCUT2D eigenvalue weighted by Gasteiger charge is -2.03. The third kappa shape index (κ3) is 2.93. The zero-order valence-electron chi connectivity index (χ0n) is 14.3. The minimum absolute atomic E-state index is 0.0492. The van der Waals surface area contributed by atoms with Crippen molar-refractivity contribution in [3.63, 3.8) is 0 Å². The smallest absolute Gasteiger partial charge is 0.189 e. The average molecular weight is 320 g/mol. The summed E-state index contributed by atoms with van der Waals surface area (Å²) in [7, 11) is 1.81. The van der Waals surface area contributed by atoms with Gasteiger partial charge in [0.1, 0.15) is 0 Å². The van der Waals surface area contributed by atoms with Crippen molar-refractivity contribution in [2.24, 2.45) is 7.05 Å². The van der Waals surface area contributed by atoms with Gasteiger partial charge in [0.15, 0.2) is 5.78 Å². The van der Waals surface area contributed by atoms with Crippen molar-refractivity contribution in [1.29, 1.82) is 0 Å². The second-order valence-electron chi connectivity index (χ2n) is 5.83. The Hall–Kier alpha value is -2.95. The first kappa shape index (κ1) is 15.9. The largest absolute Gasteiger partial charge is 0.289 e. The van der Waals surface area contributed by atoms with Gasteiger partial charge in [0, 0.05) is 24.5 Å². The Balaban J connectivity index is 1.92. The van der Waals surface area contributed by atoms with E-state index in [1.165, 1.54) is 0 Å². The average Bonchev–Trinajstić information content (AvgIpc) is 3.05. The van der Waals surface area contributed by atoms with Gasteiger partial charge in [-0.1, -0.05) is 18.2 Å². The number of carbonyl (C=O) groups excluding carboxylic acids is 1. The Labute approximate surface area is 141 Å². The molecule has 0 atom stereocenters. The van der Waals surface area contributed by atoms with Gasteiger partial charge in [-0.05, 0) is 45.1 Å². The summed E-state index contributed by atoms with van der Waals surface area (Å²) in [4.78, 5) is 12.4. The minimum atomic E-state index is -0.0492. The molecule has 2 aromatic heterocycles. The number of aryl methyl sites for hydroxylation is 3. The molecule has 24 heavy (non-hydrogen) atoms. The van der Waals surface area contributed by atoms with Crippen molar-refractivity contribution in [1.82, 2.24) is 19.6 Å². The molecule has 3 rings (SSSR count). The van der Waals surface area contributed by atoms with E-state index in [1.807, 2.05) is 68.9 Å². The first-order valence-electron chi connectivity index (χ1n) is 7.81. The van der Waals surface area contributed by atoms with Crippen LogP contribution in [0.25, 0.3) is 11.8 Å². The van der Waals surface area contributed by atoms with E-state index in [0.717, 1.165) is 28.3 Å². The fourth-order valence-corrected chi connectivity index (χ4v) is 2.81. The Morgan fingerprint density at radius 1 is 1.04 bits per heavy atom. The molecule has 0 bridgehead atoms. The molecule has 3 aromatic rings. The highest BCUT2D eigenvalue weighted by Gasteiger charge is 2.13. The molecule has 0 spiro atoms. The standard InChI is InChI=1S/C19H20N4O/c1-13-17(10-11-19(24)18-12-22(4)20-14(18)2)15(3)23(21-13)16-8-6-5-7-9-16/h5-12H,1-4H3/b11-10-. The normalized spacial score (nSPS) is 11.3. The van der Waals surface area contributed by atoms with E-state index in [-0.39, 0.29) is 5.78 Å². The van der Waals surface area contributed by atoms with Crippen molar-refractivity contribution >= 4 is 11.9 Å². The lowest BCUT2D eigenvalue weighted by atomic mass is 10.1. The van der Waals surface area contributed by atoms with Gasteiger partial charge in [-0.15, -0.1) is 0 Å². The molecule has 1 aromatic carbocycles. The van der Waals surface area contributed by atoms with E-state index in [1.54, 1.807) is 17.0 Å². The van der Waals surface area contributed by atoms with E-state index < -0.39 is 0 Å². The van der Waals surface area contributed by atoms with Crippen LogP contribution in [0.5, 0.6) is 0 Å². The van der Waals surface area contributed by atoms with E-state index in [4.69, 9.17) is 0 Å². The fourth-order valence-electron chi connectivity index (χ4n) is 2.81. The van der Waals surface area contributed by atoms with Crippen LogP contribution in [0.15, 0.2) is 42.6 Å². The maximum absolute atomic E-state index is 12.4. The monoisotopic (exact) mass is 320 g/mol. The molecule has 122 valence electrons. The molecule has 0 fully saturated rings. The highest BCUT2D eigenvalue weighted by atomic mass is 16.1. The summed E-state index contributed by atoms with van der Waals surface area (Å²) < 4.78 is 3.55. The molecule has 0 amide bonds. The zero-order chi connectivity index (χ0) is 17.3. The Morgan fingerprint density at radius 2 is 1.75 bits per heavy atom. The van der Waals surface area contributed by atoms with Crippen LogP contribution in [-0.2, 0) is 7.05 Å². The maximum Gasteiger partial charge on any atom is 0.189 e. The van der Waals surface area contributed by atoms with Crippen LogP contribution < -0.4 is 0 Å². The minimum Gasteiger partial charge on any atom is -0.289 e. The maximum atomic E-state index is 12.4. The number of benzene rings is 1. The molecule has 0 aliphatic rings. The van der Waals surface area contributed by atoms with Crippen molar-refractivity contribution in [2.45, 2.75) is 20.8 Å². The summed E-state index contributed by atoms with van der Waals surface area (Å²) in [5.41, 5.74) is 5.23. The second kappa shape index (κ2) is 6.28. The van der Waals surface area contributed by atoms with Gasteiger partial charge in [0.05, 0.1) is 22.6 Å². The molecular weight excluding hydrogens is 300 g/mol. The Morgan fingerprint density at radius 3 is 2.38 bits per heavy atom. The van der Waals surface area contributed by atoms with Crippen LogP contribution >= 0.6 is 0 Å². The topological polar surface area (TPSA) is 52.7 Å². The highest BCUT2D eigenvalue weighted by Crippen LogP contribution is 2.19. The molecule has 5 heteroatoms. The van der Waals surface area contributed by atoms with E-state index in [2.05, 4.69) is 10.2 Å². The van der Waals surface area contributed by atoms with Crippen LogP contribution in [0.3, 0.4) is 0 Å². The van der Waals surface area contributed by atoms with Crippen LogP contribution in [0.4, 0.5) is 0 Å². The fraction of sp³-hybridized carbons (Fsp3) is 0.211. The quantitative estimate of drug-likeness (QED) is 0.547. The van der Waals surface area contributed by atoms with E-state index >= 15 is 0 Å². The predicted octanol–water partition coefficient (Wildman–Crippen LogP) is 3.43. The molecule has 0 aliphatic heterocycles. The number of aromatic nitrogens is 4. The molecule has 0 aliphatic carbocycles. The number of para-hydroxylation sites is 1. The molecular formula is C19H20N4O. The summed E-state index contributed by atoms with van der Waals surface area (Å²) in [6, 6.07) is 9.96. The van der Waals surface area contributed by atoms with Gasteiger partial charge in [0.2, 0.25) is 0 Å². The van der Waals surface area contributed by atoms with Gasteiger partial charge in [-0.2, -0.15) is 10.2 Å². The summed E-state index contributed by atoms with van der Waals surface area (Å²) in [6.45, 7) is 5.80. The predicted molar refractivity (Wildman–Crippen MR) is 94.3 cm³/mol. The molecule has 0 radical (unpaired) electrons. The van der Waals surface area contributed by atoms with Gasteiger partial charge < -0.3 is 0 Å². The molecule has 0 saturated carbocycles. The second-order valence-corrected chi connectivity index (χ2v) is 5.83. The number of ketones is 1. The van der Waals surface area contributed by atoms with Crippen molar-refractivity contribution in [3.8, 4) is 5.69 Å². The van der Waals surface area contributed by atoms with Crippen LogP contribution in [0.2, 0.25) is 0 Å². The van der Waals surface area contributed by atoms with Crippen LogP contribution in [-0.4, -0.2) is 25.3 Å². The molecule has 2 heterocycles. The number of hydrogen-bond donors (Lipinski definition) is 0. The van der Waals surface area contributed by atoms with Crippen molar-refractivity contribution in [3.05, 3.63) is 70.8 Å². The summed E-state index contributed by atoms with van der Waals surface area (Å²) in [5.74, 6) is -0.0492. The molecule has 0 unspecified atom stereocenters. The zero-order valence-corrected chi connectivity index (χ0v) is 14.3. The summed E-state index contributed by atoms with van der Waals surface area (Å²) in [6.07, 6.45) is 5.18. The third-order valence-corrected chi connectivity index (χ3v) is 4.03. The van der Waals surface area contributed by atoms with Crippen LogP contribution in [0, 0.1) is 20.8 Å². The van der Waals surface area contributed by atoms with Gasteiger partial charge in [-0.25, -0.2) is 4.68 Å². The summed E-state index contributed by atoms with van der Waals surface area (Å²) >= 11 is 0. The van der Waals surface area contributed by atoms with Gasteiger partial charge in [-0.3, -0.25) is 9.48 Å². The Bertz CT molecular complexity index is 916. The number of rotatable bonds is 4. The highest BCUT2D eigenvalue weighted by molar-refractivity contribution is 6.07. The molecule has 0 N–H and O–H groups in total. The number of allylic oxidation sites excluding steroid dienone is 1. The van der Waals surface area contributed by atoms with E-state index in [0.29, 0.717) is 5.56 Å². The molecule has 0 saturated heterocycles. The lowest BCUT2D eigenvalue weighted by molar-refractivity contribution is 0.104. The molecule has 5 nitrogen and oxygen atoms in total. The van der Waals surface area contributed by atoms with Crippen LogP contribution in [0.1, 0.15) is 33.0 Å². The number of carbonyl (C=O) groups is 1.